The van der Waals surface area contributed by atoms with Crippen molar-refractivity contribution in [1.82, 2.24) is 15.0 Å². The smallest absolute Gasteiger partial charge is 0.337 e. The predicted molar refractivity (Wildman–Crippen MR) is 79.5 cm³/mol. The van der Waals surface area contributed by atoms with Crippen LogP contribution >= 0.6 is 0 Å². The van der Waals surface area contributed by atoms with Crippen LogP contribution in [0.25, 0.3) is 11.0 Å². The average molecular weight is 281 g/mol. The maximum absolute atomic E-state index is 11.4. The van der Waals surface area contributed by atoms with Crippen LogP contribution < -0.4 is 0 Å². The number of carboxylic acid groups (broad SMARTS) is 1. The Morgan fingerprint density at radius 1 is 1.19 bits per heavy atom. The summed E-state index contributed by atoms with van der Waals surface area (Å²) in [5, 5.41) is 17.6. The molecule has 3 rings (SSSR count). The van der Waals surface area contributed by atoms with Gasteiger partial charge in [-0.3, -0.25) is 0 Å². The molecule has 0 spiro atoms. The Morgan fingerprint density at radius 2 is 1.90 bits per heavy atom. The van der Waals surface area contributed by atoms with Gasteiger partial charge in [-0.15, -0.1) is 5.10 Å². The molecule has 0 aliphatic rings. The summed E-state index contributed by atoms with van der Waals surface area (Å²) in [4.78, 5) is 11.4. The van der Waals surface area contributed by atoms with Crippen LogP contribution in [0.15, 0.2) is 42.5 Å². The first-order valence-electron chi connectivity index (χ1n) is 6.71. The van der Waals surface area contributed by atoms with Crippen molar-refractivity contribution < 1.29 is 9.90 Å². The first kappa shape index (κ1) is 13.3. The van der Waals surface area contributed by atoms with Gasteiger partial charge in [-0.05, 0) is 31.5 Å². The van der Waals surface area contributed by atoms with Gasteiger partial charge < -0.3 is 5.11 Å². The number of carboxylic acids is 1. The lowest BCUT2D eigenvalue weighted by molar-refractivity contribution is 0.0698. The number of carbonyl (C=O) groups is 1. The monoisotopic (exact) mass is 281 g/mol. The molecule has 1 atom stereocenters. The molecule has 0 saturated carbocycles. The fraction of sp³-hybridized carbons (Fsp3) is 0.188. The summed E-state index contributed by atoms with van der Waals surface area (Å²) in [6, 6.07) is 13.1. The highest BCUT2D eigenvalue weighted by atomic mass is 16.4. The van der Waals surface area contributed by atoms with E-state index < -0.39 is 5.97 Å². The van der Waals surface area contributed by atoms with Crippen LogP contribution in [-0.2, 0) is 0 Å². The van der Waals surface area contributed by atoms with Crippen LogP contribution in [0.3, 0.4) is 0 Å². The third-order valence-electron chi connectivity index (χ3n) is 3.65. The van der Waals surface area contributed by atoms with Gasteiger partial charge in [0.2, 0.25) is 0 Å². The SMILES string of the molecule is Cc1ccc(C(C)n2nnc3cccc(C(=O)O)c32)cc1. The number of aromatic nitrogens is 3. The van der Waals surface area contributed by atoms with E-state index in [1.165, 1.54) is 5.56 Å². The molecule has 3 aromatic rings. The second kappa shape index (κ2) is 5.01. The number of fused-ring (bicyclic) bond motifs is 1. The number of hydrogen-bond donors (Lipinski definition) is 1. The van der Waals surface area contributed by atoms with E-state index in [0.717, 1.165) is 5.56 Å². The highest BCUT2D eigenvalue weighted by Crippen LogP contribution is 2.24. The Balaban J connectivity index is 2.16. The summed E-state index contributed by atoms with van der Waals surface area (Å²) in [6.07, 6.45) is 0. The zero-order valence-electron chi connectivity index (χ0n) is 11.8. The van der Waals surface area contributed by atoms with Crippen molar-refractivity contribution in [3.8, 4) is 0 Å². The molecule has 0 radical (unpaired) electrons. The van der Waals surface area contributed by atoms with Gasteiger partial charge in [0.25, 0.3) is 0 Å². The summed E-state index contributed by atoms with van der Waals surface area (Å²) in [7, 11) is 0. The van der Waals surface area contributed by atoms with Crippen LogP contribution in [-0.4, -0.2) is 26.1 Å². The Labute approximate surface area is 121 Å². The zero-order valence-corrected chi connectivity index (χ0v) is 11.8. The predicted octanol–water partition coefficient (Wildman–Crippen LogP) is 3.05. The van der Waals surface area contributed by atoms with E-state index in [9.17, 15) is 9.90 Å². The van der Waals surface area contributed by atoms with E-state index in [1.54, 1.807) is 22.9 Å². The lowest BCUT2D eigenvalue weighted by Gasteiger charge is -2.14. The van der Waals surface area contributed by atoms with Crippen molar-refractivity contribution in [2.24, 2.45) is 0 Å². The summed E-state index contributed by atoms with van der Waals surface area (Å²) < 4.78 is 1.67. The first-order valence-corrected chi connectivity index (χ1v) is 6.71. The molecule has 21 heavy (non-hydrogen) atoms. The number of nitrogens with zero attached hydrogens (tertiary/aromatic N) is 3. The summed E-state index contributed by atoms with van der Waals surface area (Å²) >= 11 is 0. The zero-order chi connectivity index (χ0) is 15.0. The number of rotatable bonds is 3. The van der Waals surface area contributed by atoms with Crippen molar-refractivity contribution in [2.75, 3.05) is 0 Å². The largest absolute Gasteiger partial charge is 0.478 e. The van der Waals surface area contributed by atoms with Crippen LogP contribution in [0.2, 0.25) is 0 Å². The quantitative estimate of drug-likeness (QED) is 0.801. The van der Waals surface area contributed by atoms with Crippen LogP contribution in [0.5, 0.6) is 0 Å². The molecule has 1 heterocycles. The number of aromatic carboxylic acids is 1. The minimum atomic E-state index is -0.972. The maximum Gasteiger partial charge on any atom is 0.337 e. The Morgan fingerprint density at radius 3 is 2.57 bits per heavy atom. The van der Waals surface area contributed by atoms with Crippen LogP contribution in [0.1, 0.15) is 34.5 Å². The van der Waals surface area contributed by atoms with Gasteiger partial charge in [-0.2, -0.15) is 0 Å². The second-order valence-electron chi connectivity index (χ2n) is 5.10. The third-order valence-corrected chi connectivity index (χ3v) is 3.65. The molecule has 1 aromatic heterocycles. The van der Waals surface area contributed by atoms with Crippen molar-refractivity contribution in [1.29, 1.82) is 0 Å². The fourth-order valence-electron chi connectivity index (χ4n) is 2.42. The van der Waals surface area contributed by atoms with E-state index in [1.807, 2.05) is 38.1 Å². The molecule has 2 aromatic carbocycles. The van der Waals surface area contributed by atoms with E-state index in [2.05, 4.69) is 10.3 Å². The standard InChI is InChI=1S/C16H15N3O2/c1-10-6-8-12(9-7-10)11(2)19-15-13(16(20)21)4-3-5-14(15)17-18-19/h3-9,11H,1-2H3,(H,20,21). The minimum absolute atomic E-state index is 0.0869. The molecule has 1 unspecified atom stereocenters. The first-order chi connectivity index (χ1) is 10.1. The number of aryl methyl sites for hydroxylation is 1. The van der Waals surface area contributed by atoms with Crippen LogP contribution in [0, 0.1) is 6.92 Å². The topological polar surface area (TPSA) is 68.0 Å². The summed E-state index contributed by atoms with van der Waals surface area (Å²) in [6.45, 7) is 4.01. The van der Waals surface area contributed by atoms with E-state index in [-0.39, 0.29) is 11.6 Å². The molecule has 106 valence electrons. The minimum Gasteiger partial charge on any atom is -0.478 e. The Hall–Kier alpha value is -2.69. The fourth-order valence-corrected chi connectivity index (χ4v) is 2.42. The van der Waals surface area contributed by atoms with Gasteiger partial charge in [-0.1, -0.05) is 41.1 Å². The molecule has 5 nitrogen and oxygen atoms in total. The van der Waals surface area contributed by atoms with Crippen molar-refractivity contribution in [3.05, 3.63) is 59.2 Å². The van der Waals surface area contributed by atoms with Gasteiger partial charge in [0.05, 0.1) is 11.6 Å². The van der Waals surface area contributed by atoms with E-state index in [4.69, 9.17) is 0 Å². The molecule has 1 N–H and O–H groups in total. The highest BCUT2D eigenvalue weighted by molar-refractivity contribution is 6.00. The highest BCUT2D eigenvalue weighted by Gasteiger charge is 2.18. The van der Waals surface area contributed by atoms with E-state index >= 15 is 0 Å². The third kappa shape index (κ3) is 2.27. The van der Waals surface area contributed by atoms with E-state index in [0.29, 0.717) is 11.0 Å². The molecule has 0 saturated heterocycles. The lowest BCUT2D eigenvalue weighted by Crippen LogP contribution is -2.11. The summed E-state index contributed by atoms with van der Waals surface area (Å²) in [5.74, 6) is -0.972. The van der Waals surface area contributed by atoms with Crippen molar-refractivity contribution in [3.63, 3.8) is 0 Å². The molecule has 0 aliphatic heterocycles. The molecule has 0 fully saturated rings. The number of para-hydroxylation sites is 1. The van der Waals surface area contributed by atoms with Gasteiger partial charge in [-0.25, -0.2) is 9.48 Å². The average Bonchev–Trinajstić information content (AvgIpc) is 2.91. The number of benzene rings is 2. The van der Waals surface area contributed by atoms with Gasteiger partial charge in [0.1, 0.15) is 11.0 Å². The second-order valence-corrected chi connectivity index (χ2v) is 5.10. The Kier molecular flexibility index (Phi) is 3.17. The maximum atomic E-state index is 11.4. The molecule has 0 bridgehead atoms. The van der Waals surface area contributed by atoms with Crippen molar-refractivity contribution in [2.45, 2.75) is 19.9 Å². The van der Waals surface area contributed by atoms with Gasteiger partial charge >= 0.3 is 5.97 Å². The van der Waals surface area contributed by atoms with Crippen molar-refractivity contribution >= 4 is 17.0 Å². The van der Waals surface area contributed by atoms with Crippen LogP contribution in [0.4, 0.5) is 0 Å². The number of hydrogen-bond acceptors (Lipinski definition) is 3. The Bertz CT molecular complexity index is 806. The van der Waals surface area contributed by atoms with Gasteiger partial charge in [0, 0.05) is 0 Å². The summed E-state index contributed by atoms with van der Waals surface area (Å²) in [5.41, 5.74) is 3.61. The molecular formula is C16H15N3O2. The molecule has 0 amide bonds. The van der Waals surface area contributed by atoms with Gasteiger partial charge in [0.15, 0.2) is 0 Å². The lowest BCUT2D eigenvalue weighted by atomic mass is 10.1. The molecular weight excluding hydrogens is 266 g/mol. The normalized spacial score (nSPS) is 12.5. The molecule has 0 aliphatic carbocycles. The molecule has 5 heteroatoms.